The SMILES string of the molecule is CCNCC1(Cc2ccc(OC)c(F)c2)CCCC1. The van der Waals surface area contributed by atoms with Gasteiger partial charge in [0, 0.05) is 6.54 Å². The highest BCUT2D eigenvalue weighted by Gasteiger charge is 2.33. The minimum absolute atomic E-state index is 0.253. The first-order chi connectivity index (χ1) is 9.19. The van der Waals surface area contributed by atoms with Gasteiger partial charge in [-0.1, -0.05) is 25.8 Å². The van der Waals surface area contributed by atoms with E-state index in [0.29, 0.717) is 11.2 Å². The second-order valence-corrected chi connectivity index (χ2v) is 5.63. The molecule has 3 heteroatoms. The maximum absolute atomic E-state index is 13.8. The minimum atomic E-state index is -0.253. The van der Waals surface area contributed by atoms with E-state index in [0.717, 1.165) is 25.1 Å². The highest BCUT2D eigenvalue weighted by molar-refractivity contribution is 5.30. The molecule has 0 saturated heterocycles. The number of rotatable bonds is 6. The molecule has 0 heterocycles. The lowest BCUT2D eigenvalue weighted by Crippen LogP contribution is -2.33. The average molecular weight is 265 g/mol. The average Bonchev–Trinajstić information content (AvgIpc) is 2.86. The van der Waals surface area contributed by atoms with Crippen molar-refractivity contribution >= 4 is 0 Å². The Bertz CT molecular complexity index is 413. The molecule has 1 aliphatic rings. The van der Waals surface area contributed by atoms with Gasteiger partial charge < -0.3 is 10.1 Å². The lowest BCUT2D eigenvalue weighted by atomic mass is 9.80. The Hall–Kier alpha value is -1.09. The van der Waals surface area contributed by atoms with Crippen LogP contribution >= 0.6 is 0 Å². The third-order valence-corrected chi connectivity index (χ3v) is 4.21. The van der Waals surface area contributed by atoms with Crippen molar-refractivity contribution in [2.24, 2.45) is 5.41 Å². The van der Waals surface area contributed by atoms with E-state index in [9.17, 15) is 4.39 Å². The summed E-state index contributed by atoms with van der Waals surface area (Å²) in [5.74, 6) is 0.0764. The second kappa shape index (κ2) is 6.38. The molecule has 106 valence electrons. The molecule has 0 spiro atoms. The lowest BCUT2D eigenvalue weighted by molar-refractivity contribution is 0.279. The van der Waals surface area contributed by atoms with Crippen LogP contribution in [0.5, 0.6) is 5.75 Å². The maximum Gasteiger partial charge on any atom is 0.165 e. The number of ether oxygens (including phenoxy) is 1. The van der Waals surface area contributed by atoms with Gasteiger partial charge in [-0.05, 0) is 48.9 Å². The van der Waals surface area contributed by atoms with Crippen LogP contribution in [0.15, 0.2) is 18.2 Å². The lowest BCUT2D eigenvalue weighted by Gasteiger charge is -2.29. The Kier molecular flexibility index (Phi) is 4.81. The summed E-state index contributed by atoms with van der Waals surface area (Å²) >= 11 is 0. The van der Waals surface area contributed by atoms with Gasteiger partial charge >= 0.3 is 0 Å². The monoisotopic (exact) mass is 265 g/mol. The molecule has 0 bridgehead atoms. The van der Waals surface area contributed by atoms with Crippen molar-refractivity contribution < 1.29 is 9.13 Å². The zero-order chi connectivity index (χ0) is 13.7. The number of benzene rings is 1. The zero-order valence-corrected chi connectivity index (χ0v) is 12.0. The summed E-state index contributed by atoms with van der Waals surface area (Å²) in [6.07, 6.45) is 6.04. The van der Waals surface area contributed by atoms with E-state index in [1.807, 2.05) is 6.07 Å². The van der Waals surface area contributed by atoms with Crippen LogP contribution in [-0.2, 0) is 6.42 Å². The largest absolute Gasteiger partial charge is 0.494 e. The van der Waals surface area contributed by atoms with Crippen molar-refractivity contribution in [1.82, 2.24) is 5.32 Å². The summed E-state index contributed by atoms with van der Waals surface area (Å²) in [7, 11) is 1.50. The molecule has 0 aliphatic heterocycles. The van der Waals surface area contributed by atoms with E-state index >= 15 is 0 Å². The third kappa shape index (κ3) is 3.47. The summed E-state index contributed by atoms with van der Waals surface area (Å²) in [5.41, 5.74) is 1.40. The molecule has 0 radical (unpaired) electrons. The predicted octanol–water partition coefficient (Wildman–Crippen LogP) is 3.55. The summed E-state index contributed by atoms with van der Waals surface area (Å²) in [4.78, 5) is 0. The molecular formula is C16H24FNO. The van der Waals surface area contributed by atoms with Crippen LogP contribution in [0.1, 0.15) is 38.2 Å². The standard InChI is InChI=1S/C16H24FNO/c1-3-18-12-16(8-4-5-9-16)11-13-6-7-15(19-2)14(17)10-13/h6-7,10,18H,3-5,8-9,11-12H2,1-2H3. The van der Waals surface area contributed by atoms with E-state index in [1.165, 1.54) is 32.8 Å². The first-order valence-electron chi connectivity index (χ1n) is 7.22. The molecule has 1 aromatic carbocycles. The molecule has 0 aromatic heterocycles. The van der Waals surface area contributed by atoms with Gasteiger partial charge in [0.2, 0.25) is 0 Å². The molecule has 1 aliphatic carbocycles. The smallest absolute Gasteiger partial charge is 0.165 e. The van der Waals surface area contributed by atoms with Crippen LogP contribution in [0.4, 0.5) is 4.39 Å². The van der Waals surface area contributed by atoms with Gasteiger partial charge in [-0.3, -0.25) is 0 Å². The Labute approximate surface area is 115 Å². The molecule has 1 saturated carbocycles. The third-order valence-electron chi connectivity index (χ3n) is 4.21. The van der Waals surface area contributed by atoms with Gasteiger partial charge in [0.1, 0.15) is 0 Å². The Morgan fingerprint density at radius 2 is 2.05 bits per heavy atom. The highest BCUT2D eigenvalue weighted by atomic mass is 19.1. The van der Waals surface area contributed by atoms with Crippen molar-refractivity contribution in [3.05, 3.63) is 29.6 Å². The van der Waals surface area contributed by atoms with Gasteiger partial charge in [0.25, 0.3) is 0 Å². The fraction of sp³-hybridized carbons (Fsp3) is 0.625. The maximum atomic E-state index is 13.8. The van der Waals surface area contributed by atoms with E-state index in [1.54, 1.807) is 12.1 Å². The van der Waals surface area contributed by atoms with E-state index < -0.39 is 0 Å². The minimum Gasteiger partial charge on any atom is -0.494 e. The first-order valence-corrected chi connectivity index (χ1v) is 7.22. The Morgan fingerprint density at radius 1 is 1.32 bits per heavy atom. The molecular weight excluding hydrogens is 241 g/mol. The number of halogens is 1. The van der Waals surface area contributed by atoms with E-state index in [4.69, 9.17) is 4.74 Å². The van der Waals surface area contributed by atoms with E-state index in [-0.39, 0.29) is 5.82 Å². The summed E-state index contributed by atoms with van der Waals surface area (Å²) in [6.45, 7) is 4.17. The topological polar surface area (TPSA) is 21.3 Å². The Balaban J connectivity index is 2.10. The first kappa shape index (κ1) is 14.3. The molecule has 0 atom stereocenters. The van der Waals surface area contributed by atoms with Gasteiger partial charge in [-0.25, -0.2) is 4.39 Å². The van der Waals surface area contributed by atoms with Crippen LogP contribution in [0.3, 0.4) is 0 Å². The van der Waals surface area contributed by atoms with Gasteiger partial charge in [-0.2, -0.15) is 0 Å². The van der Waals surface area contributed by atoms with Gasteiger partial charge in [-0.15, -0.1) is 0 Å². The fourth-order valence-corrected chi connectivity index (χ4v) is 3.18. The second-order valence-electron chi connectivity index (χ2n) is 5.63. The van der Waals surface area contributed by atoms with Gasteiger partial charge in [0.15, 0.2) is 11.6 Å². The van der Waals surface area contributed by atoms with E-state index in [2.05, 4.69) is 12.2 Å². The molecule has 1 N–H and O–H groups in total. The number of nitrogens with one attached hydrogen (secondary N) is 1. The van der Waals surface area contributed by atoms with Crippen molar-refractivity contribution in [2.75, 3.05) is 20.2 Å². The molecule has 0 unspecified atom stereocenters. The molecule has 1 aromatic rings. The van der Waals surface area contributed by atoms with Crippen molar-refractivity contribution in [2.45, 2.75) is 39.0 Å². The van der Waals surface area contributed by atoms with Gasteiger partial charge in [0.05, 0.1) is 7.11 Å². The van der Waals surface area contributed by atoms with Crippen molar-refractivity contribution in [3.8, 4) is 5.75 Å². The number of hydrogen-bond acceptors (Lipinski definition) is 2. The Morgan fingerprint density at radius 3 is 2.63 bits per heavy atom. The van der Waals surface area contributed by atoms with Crippen LogP contribution in [0.25, 0.3) is 0 Å². The predicted molar refractivity (Wildman–Crippen MR) is 76.1 cm³/mol. The zero-order valence-electron chi connectivity index (χ0n) is 12.0. The molecule has 19 heavy (non-hydrogen) atoms. The van der Waals surface area contributed by atoms with Crippen molar-refractivity contribution in [3.63, 3.8) is 0 Å². The summed E-state index contributed by atoms with van der Waals surface area (Å²) in [5, 5.41) is 3.47. The van der Waals surface area contributed by atoms with Crippen LogP contribution in [0.2, 0.25) is 0 Å². The molecule has 2 nitrogen and oxygen atoms in total. The number of methoxy groups -OCH3 is 1. The molecule has 2 rings (SSSR count). The van der Waals surface area contributed by atoms with Crippen molar-refractivity contribution in [1.29, 1.82) is 0 Å². The fourth-order valence-electron chi connectivity index (χ4n) is 3.18. The molecule has 1 fully saturated rings. The van der Waals surface area contributed by atoms with Crippen LogP contribution < -0.4 is 10.1 Å². The number of hydrogen-bond donors (Lipinski definition) is 1. The molecule has 0 amide bonds. The summed E-state index contributed by atoms with van der Waals surface area (Å²) in [6, 6.07) is 5.36. The van der Waals surface area contributed by atoms with Crippen LogP contribution in [-0.4, -0.2) is 20.2 Å². The quantitative estimate of drug-likeness (QED) is 0.849. The normalized spacial score (nSPS) is 17.6. The highest BCUT2D eigenvalue weighted by Crippen LogP contribution is 2.40. The van der Waals surface area contributed by atoms with Crippen LogP contribution in [0, 0.1) is 11.2 Å². The summed E-state index contributed by atoms with van der Waals surface area (Å²) < 4.78 is 18.7.